The highest BCUT2D eigenvalue weighted by Gasteiger charge is 2.29. The molecule has 0 spiro atoms. The molecule has 1 fully saturated rings. The van der Waals surface area contributed by atoms with Crippen LogP contribution in [-0.2, 0) is 14.3 Å². The van der Waals surface area contributed by atoms with Gasteiger partial charge < -0.3 is 10.4 Å². The Balaban J connectivity index is 2.43. The maximum Gasteiger partial charge on any atom is 0.307 e. The number of amides is 1. The van der Waals surface area contributed by atoms with Crippen LogP contribution in [0.2, 0.25) is 5.82 Å². The maximum absolute atomic E-state index is 11.9. The molecule has 0 saturated heterocycles. The van der Waals surface area contributed by atoms with E-state index in [0.29, 0.717) is 5.92 Å². The average molecular weight is 227 g/mol. The molecule has 5 nitrogen and oxygen atoms in total. The number of hydrogen-bond donors (Lipinski definition) is 1. The van der Waals surface area contributed by atoms with E-state index in [9.17, 15) is 4.79 Å². The van der Waals surface area contributed by atoms with E-state index in [2.05, 4.69) is 0 Å². The molecule has 0 aromatic heterocycles. The summed E-state index contributed by atoms with van der Waals surface area (Å²) in [4.78, 5) is 16.8. The van der Waals surface area contributed by atoms with Crippen LogP contribution < -0.4 is 5.73 Å². The predicted octanol–water partition coefficient (Wildman–Crippen LogP) is 0.537. The minimum Gasteiger partial charge on any atom is -0.428 e. The monoisotopic (exact) mass is 227 g/mol. The second-order valence-electron chi connectivity index (χ2n) is 4.13. The molecule has 1 aliphatic carbocycles. The van der Waals surface area contributed by atoms with Crippen LogP contribution in [0.3, 0.4) is 0 Å². The summed E-state index contributed by atoms with van der Waals surface area (Å²) in [5, 5.41) is 1.24. The van der Waals surface area contributed by atoms with Gasteiger partial charge in [-0.2, -0.15) is 0 Å². The minimum absolute atomic E-state index is 0.0807. The van der Waals surface area contributed by atoms with Crippen molar-refractivity contribution in [3.05, 3.63) is 0 Å². The summed E-state index contributed by atoms with van der Waals surface area (Å²) in [6, 6.07) is 0. The first-order chi connectivity index (χ1) is 7.69. The van der Waals surface area contributed by atoms with Crippen molar-refractivity contribution in [3.63, 3.8) is 0 Å². The highest BCUT2D eigenvalue weighted by atomic mass is 16.7. The SMILES string of the molecule is CON(C)C(=O)C([B]OCN)CC1CCC1. The number of nitrogens with zero attached hydrogens (tertiary/aromatic N) is 1. The quantitative estimate of drug-likeness (QED) is 0.391. The van der Waals surface area contributed by atoms with Crippen molar-refractivity contribution < 1.29 is 14.3 Å². The Hall–Kier alpha value is -0.585. The van der Waals surface area contributed by atoms with E-state index in [4.69, 9.17) is 15.2 Å². The normalized spacial score (nSPS) is 17.7. The number of hydroxylamine groups is 2. The third-order valence-electron chi connectivity index (χ3n) is 3.07. The van der Waals surface area contributed by atoms with Crippen molar-refractivity contribution in [2.45, 2.75) is 31.5 Å². The van der Waals surface area contributed by atoms with Crippen LogP contribution in [0.5, 0.6) is 0 Å². The summed E-state index contributed by atoms with van der Waals surface area (Å²) < 4.78 is 5.03. The van der Waals surface area contributed by atoms with Gasteiger partial charge in [0, 0.05) is 12.9 Å². The molecule has 0 aromatic rings. The van der Waals surface area contributed by atoms with Crippen LogP contribution in [-0.4, -0.2) is 39.3 Å². The molecule has 1 rings (SSSR count). The lowest BCUT2D eigenvalue weighted by atomic mass is 9.69. The van der Waals surface area contributed by atoms with Gasteiger partial charge in [-0.1, -0.05) is 19.3 Å². The van der Waals surface area contributed by atoms with Crippen molar-refractivity contribution in [2.24, 2.45) is 11.7 Å². The number of carbonyl (C=O) groups excluding carboxylic acids is 1. The van der Waals surface area contributed by atoms with Gasteiger partial charge in [0.1, 0.15) is 0 Å². The summed E-state index contributed by atoms with van der Waals surface area (Å²) >= 11 is 0. The molecule has 0 heterocycles. The molecule has 1 unspecified atom stereocenters. The molecular weight excluding hydrogens is 207 g/mol. The zero-order valence-corrected chi connectivity index (χ0v) is 10.0. The van der Waals surface area contributed by atoms with E-state index in [1.165, 1.54) is 38.9 Å². The molecule has 1 aliphatic rings. The van der Waals surface area contributed by atoms with Crippen molar-refractivity contribution in [1.82, 2.24) is 5.06 Å². The molecule has 16 heavy (non-hydrogen) atoms. The van der Waals surface area contributed by atoms with Crippen LogP contribution in [0.1, 0.15) is 25.7 Å². The minimum atomic E-state index is -0.251. The van der Waals surface area contributed by atoms with Crippen LogP contribution in [0, 0.1) is 5.92 Å². The van der Waals surface area contributed by atoms with Crippen LogP contribution in [0.15, 0.2) is 0 Å². The van der Waals surface area contributed by atoms with Gasteiger partial charge in [0.15, 0.2) is 0 Å². The first-order valence-corrected chi connectivity index (χ1v) is 5.65. The molecule has 6 heteroatoms. The lowest BCUT2D eigenvalue weighted by Gasteiger charge is -2.29. The Morgan fingerprint density at radius 1 is 1.62 bits per heavy atom. The van der Waals surface area contributed by atoms with Gasteiger partial charge in [-0.15, -0.1) is 0 Å². The molecular formula is C10H20BN2O3. The maximum atomic E-state index is 11.9. The Bertz CT molecular complexity index is 224. The highest BCUT2D eigenvalue weighted by molar-refractivity contribution is 6.37. The first kappa shape index (κ1) is 13.5. The zero-order valence-electron chi connectivity index (χ0n) is 10.0. The molecule has 2 N–H and O–H groups in total. The summed E-state index contributed by atoms with van der Waals surface area (Å²) in [5.41, 5.74) is 5.25. The largest absolute Gasteiger partial charge is 0.428 e. The second kappa shape index (κ2) is 6.88. The molecule has 1 saturated carbocycles. The summed E-state index contributed by atoms with van der Waals surface area (Å²) in [5.74, 6) is 0.304. The molecule has 1 atom stereocenters. The average Bonchev–Trinajstić information content (AvgIpc) is 2.25. The molecule has 1 radical (unpaired) electrons. The predicted molar refractivity (Wildman–Crippen MR) is 61.4 cm³/mol. The van der Waals surface area contributed by atoms with Gasteiger partial charge in [-0.3, -0.25) is 9.63 Å². The van der Waals surface area contributed by atoms with Gasteiger partial charge in [0.25, 0.3) is 0 Å². The number of nitrogens with two attached hydrogens (primary N) is 1. The summed E-state index contributed by atoms with van der Waals surface area (Å²) in [6.45, 7) is 0.102. The smallest absolute Gasteiger partial charge is 0.307 e. The molecule has 0 aromatic carbocycles. The zero-order chi connectivity index (χ0) is 12.0. The van der Waals surface area contributed by atoms with E-state index < -0.39 is 0 Å². The van der Waals surface area contributed by atoms with Crippen molar-refractivity contribution in [2.75, 3.05) is 20.9 Å². The number of hydrogen-bond acceptors (Lipinski definition) is 4. The van der Waals surface area contributed by atoms with E-state index in [-0.39, 0.29) is 18.5 Å². The molecule has 0 bridgehead atoms. The first-order valence-electron chi connectivity index (χ1n) is 5.65. The Morgan fingerprint density at radius 3 is 2.75 bits per heavy atom. The number of carbonyl (C=O) groups is 1. The van der Waals surface area contributed by atoms with Gasteiger partial charge >= 0.3 is 7.48 Å². The molecule has 91 valence electrons. The lowest BCUT2D eigenvalue weighted by Crippen LogP contribution is -2.34. The summed E-state index contributed by atoms with van der Waals surface area (Å²) in [6.07, 6.45) is 4.50. The van der Waals surface area contributed by atoms with Gasteiger partial charge in [-0.25, -0.2) is 5.06 Å². The fourth-order valence-electron chi connectivity index (χ4n) is 1.80. The van der Waals surface area contributed by atoms with E-state index in [0.717, 1.165) is 6.42 Å². The number of rotatable bonds is 7. The van der Waals surface area contributed by atoms with Gasteiger partial charge in [0.2, 0.25) is 5.91 Å². The van der Waals surface area contributed by atoms with Crippen LogP contribution in [0.25, 0.3) is 0 Å². The molecule has 0 aliphatic heterocycles. The van der Waals surface area contributed by atoms with Crippen LogP contribution >= 0.6 is 0 Å². The topological polar surface area (TPSA) is 64.8 Å². The summed E-state index contributed by atoms with van der Waals surface area (Å²) in [7, 11) is 4.62. The van der Waals surface area contributed by atoms with Gasteiger partial charge in [0.05, 0.1) is 13.8 Å². The van der Waals surface area contributed by atoms with E-state index in [1.54, 1.807) is 7.05 Å². The Morgan fingerprint density at radius 2 is 2.31 bits per heavy atom. The van der Waals surface area contributed by atoms with E-state index in [1.807, 2.05) is 0 Å². The standard InChI is InChI=1S/C10H20BN2O3/c1-13(15-2)10(14)9(11-16-7-12)6-8-4-3-5-8/h8-9H,3-7,12H2,1-2H3. The van der Waals surface area contributed by atoms with Gasteiger partial charge in [-0.05, 0) is 12.3 Å². The fourth-order valence-corrected chi connectivity index (χ4v) is 1.80. The van der Waals surface area contributed by atoms with Crippen molar-refractivity contribution in [3.8, 4) is 0 Å². The highest BCUT2D eigenvalue weighted by Crippen LogP contribution is 2.34. The lowest BCUT2D eigenvalue weighted by molar-refractivity contribution is -0.169. The Labute approximate surface area is 97.5 Å². The molecule has 1 amide bonds. The third-order valence-corrected chi connectivity index (χ3v) is 3.07. The van der Waals surface area contributed by atoms with Crippen molar-refractivity contribution >= 4 is 13.4 Å². The van der Waals surface area contributed by atoms with Crippen molar-refractivity contribution in [1.29, 1.82) is 0 Å². The fraction of sp³-hybridized carbons (Fsp3) is 0.900. The van der Waals surface area contributed by atoms with E-state index >= 15 is 0 Å². The second-order valence-corrected chi connectivity index (χ2v) is 4.13. The van der Waals surface area contributed by atoms with Crippen LogP contribution in [0.4, 0.5) is 0 Å². The third kappa shape index (κ3) is 3.77. The Kier molecular flexibility index (Phi) is 5.80.